The number of ether oxygens (including phenoxy) is 1. The molecule has 3 saturated carbocycles. The van der Waals surface area contributed by atoms with E-state index < -0.39 is 15.7 Å². The lowest BCUT2D eigenvalue weighted by Gasteiger charge is -2.53. The van der Waals surface area contributed by atoms with Crippen LogP contribution in [0.5, 0.6) is 0 Å². The average Bonchev–Trinajstić information content (AvgIpc) is 2.60. The van der Waals surface area contributed by atoms with E-state index in [-0.39, 0.29) is 28.5 Å². The summed E-state index contributed by atoms with van der Waals surface area (Å²) in [4.78, 5) is 12.4. The molecule has 0 aliphatic heterocycles. The van der Waals surface area contributed by atoms with Crippen LogP contribution in [0.1, 0.15) is 64.9 Å². The summed E-state index contributed by atoms with van der Waals surface area (Å²) in [5.74, 6) is 0. The van der Waals surface area contributed by atoms with Crippen molar-refractivity contribution in [3.05, 3.63) is 29.8 Å². The maximum atomic E-state index is 12.5. The van der Waals surface area contributed by atoms with Gasteiger partial charge in [-0.1, -0.05) is 17.7 Å². The van der Waals surface area contributed by atoms with Crippen LogP contribution in [0.25, 0.3) is 0 Å². The van der Waals surface area contributed by atoms with Gasteiger partial charge in [0.1, 0.15) is 5.60 Å². The van der Waals surface area contributed by atoms with E-state index in [0.717, 1.165) is 44.1 Å². The third-order valence-electron chi connectivity index (χ3n) is 6.00. The lowest BCUT2D eigenvalue weighted by molar-refractivity contribution is -0.0160. The van der Waals surface area contributed by atoms with E-state index in [9.17, 15) is 13.2 Å². The van der Waals surface area contributed by atoms with Crippen molar-refractivity contribution >= 4 is 16.2 Å². The molecule has 2 bridgehead atoms. The molecule has 3 fully saturated rings. The molecule has 4 rings (SSSR count). The van der Waals surface area contributed by atoms with Crippen molar-refractivity contribution in [2.45, 2.75) is 82.3 Å². The lowest BCUT2D eigenvalue weighted by Crippen LogP contribution is -2.58. The molecular weight excluding hydrogens is 378 g/mol. The van der Waals surface area contributed by atoms with Crippen LogP contribution in [-0.2, 0) is 19.0 Å². The predicted molar refractivity (Wildman–Crippen MR) is 107 cm³/mol. The Balaban J connectivity index is 1.58. The van der Waals surface area contributed by atoms with Crippen molar-refractivity contribution in [3.8, 4) is 0 Å². The summed E-state index contributed by atoms with van der Waals surface area (Å²) < 4.78 is 35.9. The fourth-order valence-corrected chi connectivity index (χ4v) is 5.17. The number of amides is 1. The van der Waals surface area contributed by atoms with Gasteiger partial charge in [-0.3, -0.25) is 4.18 Å². The summed E-state index contributed by atoms with van der Waals surface area (Å²) >= 11 is 0. The van der Waals surface area contributed by atoms with Crippen LogP contribution in [0, 0.1) is 12.3 Å². The summed E-state index contributed by atoms with van der Waals surface area (Å²) in [6.45, 7) is 7.66. The van der Waals surface area contributed by atoms with Crippen LogP contribution in [0.15, 0.2) is 29.2 Å². The van der Waals surface area contributed by atoms with Crippen LogP contribution in [-0.4, -0.2) is 32.3 Å². The van der Waals surface area contributed by atoms with Gasteiger partial charge in [-0.05, 0) is 83.8 Å². The van der Waals surface area contributed by atoms with Crippen LogP contribution >= 0.6 is 0 Å². The van der Waals surface area contributed by atoms with Crippen LogP contribution in [0.3, 0.4) is 0 Å². The van der Waals surface area contributed by atoms with Gasteiger partial charge in [0, 0.05) is 5.54 Å². The van der Waals surface area contributed by atoms with E-state index >= 15 is 0 Å². The largest absolute Gasteiger partial charge is 0.444 e. The highest BCUT2D eigenvalue weighted by Gasteiger charge is 2.50. The molecule has 3 aliphatic rings. The highest BCUT2D eigenvalue weighted by Crippen LogP contribution is 2.52. The number of alkyl carbamates (subject to hydrolysis) is 1. The fourth-order valence-electron chi connectivity index (χ4n) is 4.16. The van der Waals surface area contributed by atoms with Crippen molar-refractivity contribution in [1.82, 2.24) is 5.32 Å². The molecule has 28 heavy (non-hydrogen) atoms. The topological polar surface area (TPSA) is 81.7 Å². The maximum absolute atomic E-state index is 12.5. The van der Waals surface area contributed by atoms with Gasteiger partial charge in [-0.15, -0.1) is 0 Å². The first kappa shape index (κ1) is 21.1. The molecule has 0 radical (unpaired) electrons. The molecule has 0 spiro atoms. The molecule has 1 amide bonds. The van der Waals surface area contributed by atoms with Gasteiger partial charge in [0.2, 0.25) is 0 Å². The quantitative estimate of drug-likeness (QED) is 0.733. The minimum absolute atomic E-state index is 0.130. The molecule has 0 aromatic heterocycles. The second kappa shape index (κ2) is 7.34. The van der Waals surface area contributed by atoms with E-state index in [0.29, 0.717) is 0 Å². The molecule has 0 unspecified atom stereocenters. The first-order chi connectivity index (χ1) is 12.9. The molecule has 0 saturated heterocycles. The van der Waals surface area contributed by atoms with Crippen LogP contribution in [0.4, 0.5) is 4.79 Å². The smallest absolute Gasteiger partial charge is 0.408 e. The molecule has 6 nitrogen and oxygen atoms in total. The molecule has 7 heteroatoms. The summed E-state index contributed by atoms with van der Waals surface area (Å²) in [6, 6.07) is 6.71. The number of hydrogen-bond acceptors (Lipinski definition) is 5. The molecule has 1 N–H and O–H groups in total. The van der Waals surface area contributed by atoms with Gasteiger partial charge in [-0.25, -0.2) is 4.79 Å². The molecule has 1 aromatic carbocycles. The number of nitrogens with one attached hydrogen (secondary N) is 1. The number of carbonyl (C=O) groups is 1. The third-order valence-corrected chi connectivity index (χ3v) is 7.28. The summed E-state index contributed by atoms with van der Waals surface area (Å²) in [5, 5.41) is 3.08. The van der Waals surface area contributed by atoms with E-state index in [1.54, 1.807) is 24.3 Å². The Morgan fingerprint density at radius 1 is 1.04 bits per heavy atom. The summed E-state index contributed by atoms with van der Waals surface area (Å²) in [5.41, 5.74) is 0.118. The number of aryl methyl sites for hydroxylation is 1. The zero-order valence-electron chi connectivity index (χ0n) is 17.2. The second-order valence-electron chi connectivity index (χ2n) is 9.44. The van der Waals surface area contributed by atoms with Crippen LogP contribution < -0.4 is 5.32 Å². The Morgan fingerprint density at radius 2 is 1.57 bits per heavy atom. The number of rotatable bonds is 5. The highest BCUT2D eigenvalue weighted by molar-refractivity contribution is 7.86. The van der Waals surface area contributed by atoms with Gasteiger partial charge < -0.3 is 10.1 Å². The Labute approximate surface area is 168 Å². The van der Waals surface area contributed by atoms with E-state index in [1.165, 1.54) is 0 Å². The maximum Gasteiger partial charge on any atom is 0.408 e. The fraction of sp³-hybridized carbons (Fsp3) is 0.667. The molecule has 156 valence electrons. The number of fused-ring (bicyclic) bond motifs is 3. The summed E-state index contributed by atoms with van der Waals surface area (Å²) in [7, 11) is -3.75. The Hall–Kier alpha value is -1.60. The second-order valence-corrected chi connectivity index (χ2v) is 11.1. The molecule has 1 aromatic rings. The summed E-state index contributed by atoms with van der Waals surface area (Å²) in [6.07, 6.45) is 4.60. The van der Waals surface area contributed by atoms with Gasteiger partial charge in [0.25, 0.3) is 10.1 Å². The van der Waals surface area contributed by atoms with E-state index in [2.05, 4.69) is 5.32 Å². The minimum Gasteiger partial charge on any atom is -0.444 e. The average molecular weight is 410 g/mol. The SMILES string of the molecule is Cc1ccc(S(=O)(=O)OCC23CCC(NC(=O)OC(C)(C)C)(CC2)CC3)cc1. The monoisotopic (exact) mass is 409 g/mol. The number of hydrogen-bond donors (Lipinski definition) is 1. The Kier molecular flexibility index (Phi) is 5.53. The zero-order valence-corrected chi connectivity index (χ0v) is 18.0. The first-order valence-corrected chi connectivity index (χ1v) is 11.3. The zero-order chi connectivity index (χ0) is 20.6. The third kappa shape index (κ3) is 4.87. The van der Waals surface area contributed by atoms with Crippen molar-refractivity contribution in [1.29, 1.82) is 0 Å². The highest BCUT2D eigenvalue weighted by atomic mass is 32.2. The van der Waals surface area contributed by atoms with Gasteiger partial charge in [0.15, 0.2) is 0 Å². The number of benzene rings is 1. The van der Waals surface area contributed by atoms with Crippen molar-refractivity contribution in [3.63, 3.8) is 0 Å². The van der Waals surface area contributed by atoms with Crippen molar-refractivity contribution in [2.75, 3.05) is 6.61 Å². The number of carbonyl (C=O) groups excluding carboxylic acids is 1. The first-order valence-electron chi connectivity index (χ1n) is 9.90. The Bertz CT molecular complexity index is 799. The molecular formula is C21H31NO5S. The van der Waals surface area contributed by atoms with Crippen LogP contribution in [0.2, 0.25) is 0 Å². The molecule has 0 heterocycles. The molecule has 0 atom stereocenters. The van der Waals surface area contributed by atoms with E-state index in [4.69, 9.17) is 8.92 Å². The van der Waals surface area contributed by atoms with Gasteiger partial charge >= 0.3 is 6.09 Å². The Morgan fingerprint density at radius 3 is 2.07 bits per heavy atom. The predicted octanol–water partition coefficient (Wildman–Crippen LogP) is 4.32. The van der Waals surface area contributed by atoms with E-state index in [1.807, 2.05) is 27.7 Å². The molecule has 3 aliphatic carbocycles. The van der Waals surface area contributed by atoms with Crippen molar-refractivity contribution in [2.24, 2.45) is 5.41 Å². The van der Waals surface area contributed by atoms with Gasteiger partial charge in [-0.2, -0.15) is 8.42 Å². The lowest BCUT2D eigenvalue weighted by atomic mass is 9.57. The minimum atomic E-state index is -3.75. The van der Waals surface area contributed by atoms with Gasteiger partial charge in [0.05, 0.1) is 11.5 Å². The standard InChI is InChI=1S/C21H31NO5S/c1-16-5-7-17(8-6-16)28(24,25)26-15-20-9-12-21(13-10-20,14-11-20)22-18(23)27-19(2,3)4/h5-8H,9-15H2,1-4H3,(H,22,23). The van der Waals surface area contributed by atoms with Crippen molar-refractivity contribution < 1.29 is 22.1 Å². The normalized spacial score (nSPS) is 27.4.